The van der Waals surface area contributed by atoms with E-state index >= 15 is 0 Å². The van der Waals surface area contributed by atoms with Crippen molar-refractivity contribution in [1.29, 1.82) is 0 Å². The molecule has 0 radical (unpaired) electrons. The van der Waals surface area contributed by atoms with E-state index < -0.39 is 18.1 Å². The maximum Gasteiger partial charge on any atom is 0.336 e. The summed E-state index contributed by atoms with van der Waals surface area (Å²) in [6, 6.07) is 1.20. The zero-order valence-corrected chi connectivity index (χ0v) is 6.79. The number of rotatable bonds is 2. The molecular weight excluding hydrogens is 180 g/mol. The first kappa shape index (κ1) is 9.57. The molecule has 1 aromatic rings. The highest BCUT2D eigenvalue weighted by atomic mass is 19.3. The van der Waals surface area contributed by atoms with E-state index in [1.165, 1.54) is 13.0 Å². The third-order valence-electron chi connectivity index (χ3n) is 1.68. The van der Waals surface area contributed by atoms with Crippen LogP contribution in [-0.2, 0) is 0 Å². The second-order valence-corrected chi connectivity index (χ2v) is 2.47. The van der Waals surface area contributed by atoms with Gasteiger partial charge < -0.3 is 5.11 Å². The average Bonchev–Trinajstić information content (AvgIpc) is 2.03. The first-order chi connectivity index (χ1) is 6.04. The number of halogens is 2. The van der Waals surface area contributed by atoms with Gasteiger partial charge in [-0.05, 0) is 18.6 Å². The van der Waals surface area contributed by atoms with Gasteiger partial charge in [0, 0.05) is 6.20 Å². The monoisotopic (exact) mass is 187 g/mol. The Bertz CT molecular complexity index is 339. The van der Waals surface area contributed by atoms with Crippen LogP contribution in [0, 0.1) is 6.92 Å². The minimum atomic E-state index is -2.74. The van der Waals surface area contributed by atoms with Crippen LogP contribution in [0.4, 0.5) is 8.78 Å². The van der Waals surface area contributed by atoms with Gasteiger partial charge in [-0.2, -0.15) is 0 Å². The van der Waals surface area contributed by atoms with Crippen molar-refractivity contribution in [2.45, 2.75) is 13.3 Å². The zero-order chi connectivity index (χ0) is 10.0. The maximum absolute atomic E-state index is 12.2. The molecule has 0 spiro atoms. The first-order valence-electron chi connectivity index (χ1n) is 3.51. The molecule has 1 N–H and O–H groups in total. The molecule has 0 bridgehead atoms. The highest BCUT2D eigenvalue weighted by Gasteiger charge is 2.17. The van der Waals surface area contributed by atoms with Crippen LogP contribution in [0.3, 0.4) is 0 Å². The number of nitrogens with zero attached hydrogens (tertiary/aromatic N) is 1. The lowest BCUT2D eigenvalue weighted by Gasteiger charge is -2.05. The standard InChI is InChI=1S/C8H7F2NO2/c1-4-5(8(12)13)2-3-11-6(4)7(9)10/h2-3,7H,1H3,(H,12,13). The molecule has 1 rings (SSSR count). The highest BCUT2D eigenvalue weighted by molar-refractivity contribution is 5.89. The van der Waals surface area contributed by atoms with Crippen molar-refractivity contribution in [2.24, 2.45) is 0 Å². The Morgan fingerprint density at radius 1 is 1.62 bits per heavy atom. The van der Waals surface area contributed by atoms with Crippen molar-refractivity contribution in [2.75, 3.05) is 0 Å². The summed E-state index contributed by atoms with van der Waals surface area (Å²) in [5.41, 5.74) is -0.588. The summed E-state index contributed by atoms with van der Waals surface area (Å²) >= 11 is 0. The van der Waals surface area contributed by atoms with Crippen LogP contribution in [-0.4, -0.2) is 16.1 Å². The predicted molar refractivity (Wildman–Crippen MR) is 40.9 cm³/mol. The Morgan fingerprint density at radius 2 is 2.23 bits per heavy atom. The van der Waals surface area contributed by atoms with Crippen LogP contribution in [0.15, 0.2) is 12.3 Å². The molecule has 0 saturated heterocycles. The molecule has 0 saturated carbocycles. The third kappa shape index (κ3) is 1.80. The molecule has 0 aliphatic carbocycles. The molecule has 1 aromatic heterocycles. The van der Waals surface area contributed by atoms with Crippen molar-refractivity contribution in [3.05, 3.63) is 29.1 Å². The lowest BCUT2D eigenvalue weighted by molar-refractivity contribution is 0.0695. The van der Waals surface area contributed by atoms with E-state index in [0.29, 0.717) is 0 Å². The SMILES string of the molecule is Cc1c(C(=O)O)ccnc1C(F)F. The van der Waals surface area contributed by atoms with E-state index in [2.05, 4.69) is 4.98 Å². The predicted octanol–water partition coefficient (Wildman–Crippen LogP) is 2.03. The molecule has 0 aliphatic heterocycles. The van der Waals surface area contributed by atoms with E-state index in [1.54, 1.807) is 0 Å². The van der Waals surface area contributed by atoms with Crippen LogP contribution in [0.2, 0.25) is 0 Å². The van der Waals surface area contributed by atoms with Gasteiger partial charge in [0.1, 0.15) is 5.69 Å². The van der Waals surface area contributed by atoms with Crippen LogP contribution in [0.25, 0.3) is 0 Å². The van der Waals surface area contributed by atoms with Crippen molar-refractivity contribution in [3.63, 3.8) is 0 Å². The van der Waals surface area contributed by atoms with Gasteiger partial charge in [0.05, 0.1) is 5.56 Å². The maximum atomic E-state index is 12.2. The molecule has 0 fully saturated rings. The van der Waals surface area contributed by atoms with E-state index in [0.717, 1.165) is 6.20 Å². The summed E-state index contributed by atoms with van der Waals surface area (Å²) in [6.45, 7) is 1.32. The van der Waals surface area contributed by atoms with E-state index in [4.69, 9.17) is 5.11 Å². The minimum absolute atomic E-state index is 0.0185. The molecular formula is C8H7F2NO2. The molecule has 0 aliphatic rings. The number of carbonyl (C=O) groups is 1. The number of alkyl halides is 2. The second-order valence-electron chi connectivity index (χ2n) is 2.47. The second kappa shape index (κ2) is 3.47. The van der Waals surface area contributed by atoms with Gasteiger partial charge in [0.25, 0.3) is 6.43 Å². The average molecular weight is 187 g/mol. The van der Waals surface area contributed by atoms with Crippen molar-refractivity contribution in [1.82, 2.24) is 4.98 Å². The van der Waals surface area contributed by atoms with Crippen LogP contribution < -0.4 is 0 Å². The lowest BCUT2D eigenvalue weighted by atomic mass is 10.1. The van der Waals surface area contributed by atoms with Crippen LogP contribution in [0.5, 0.6) is 0 Å². The number of hydrogen-bond acceptors (Lipinski definition) is 2. The summed E-state index contributed by atoms with van der Waals surface area (Å²) in [6.07, 6.45) is -1.67. The molecule has 0 unspecified atom stereocenters. The fourth-order valence-corrected chi connectivity index (χ4v) is 1.00. The van der Waals surface area contributed by atoms with Gasteiger partial charge in [0.15, 0.2) is 0 Å². The number of hydrogen-bond donors (Lipinski definition) is 1. The largest absolute Gasteiger partial charge is 0.478 e. The number of aromatic carboxylic acids is 1. The summed E-state index contributed by atoms with van der Waals surface area (Å²) in [7, 11) is 0. The number of carboxylic acids is 1. The van der Waals surface area contributed by atoms with Gasteiger partial charge in [-0.15, -0.1) is 0 Å². The third-order valence-corrected chi connectivity index (χ3v) is 1.68. The van der Waals surface area contributed by atoms with E-state index in [-0.39, 0.29) is 11.1 Å². The quantitative estimate of drug-likeness (QED) is 0.770. The zero-order valence-electron chi connectivity index (χ0n) is 6.79. The Hall–Kier alpha value is -1.52. The van der Waals surface area contributed by atoms with E-state index in [1.807, 2.05) is 0 Å². The van der Waals surface area contributed by atoms with E-state index in [9.17, 15) is 13.6 Å². The van der Waals surface area contributed by atoms with Crippen molar-refractivity contribution in [3.8, 4) is 0 Å². The molecule has 3 nitrogen and oxygen atoms in total. The molecule has 1 heterocycles. The molecule has 0 atom stereocenters. The fraction of sp³-hybridized carbons (Fsp3) is 0.250. The Kier molecular flexibility index (Phi) is 2.55. The molecule has 0 amide bonds. The Balaban J connectivity index is 3.26. The van der Waals surface area contributed by atoms with Gasteiger partial charge in [-0.1, -0.05) is 0 Å². The smallest absolute Gasteiger partial charge is 0.336 e. The minimum Gasteiger partial charge on any atom is -0.478 e. The van der Waals surface area contributed by atoms with Crippen LogP contribution >= 0.6 is 0 Å². The van der Waals surface area contributed by atoms with Gasteiger partial charge in [0.2, 0.25) is 0 Å². The molecule has 13 heavy (non-hydrogen) atoms. The normalized spacial score (nSPS) is 10.5. The molecule has 70 valence electrons. The number of carboxylic acid groups (broad SMARTS) is 1. The molecule has 0 aromatic carbocycles. The fourth-order valence-electron chi connectivity index (χ4n) is 1.00. The van der Waals surface area contributed by atoms with Gasteiger partial charge >= 0.3 is 5.97 Å². The lowest BCUT2D eigenvalue weighted by Crippen LogP contribution is -2.04. The summed E-state index contributed by atoms with van der Waals surface area (Å²) in [5.74, 6) is -1.22. The highest BCUT2D eigenvalue weighted by Crippen LogP contribution is 2.22. The topological polar surface area (TPSA) is 50.2 Å². The summed E-state index contributed by atoms with van der Waals surface area (Å²) in [5, 5.41) is 8.60. The first-order valence-corrected chi connectivity index (χ1v) is 3.51. The van der Waals surface area contributed by atoms with Crippen molar-refractivity contribution >= 4 is 5.97 Å². The summed E-state index contributed by atoms with van der Waals surface area (Å²) in [4.78, 5) is 13.9. The number of pyridine rings is 1. The summed E-state index contributed by atoms with van der Waals surface area (Å²) < 4.78 is 24.4. The van der Waals surface area contributed by atoms with Crippen LogP contribution in [0.1, 0.15) is 28.0 Å². The van der Waals surface area contributed by atoms with Gasteiger partial charge in [-0.3, -0.25) is 4.98 Å². The molecule has 5 heteroatoms. The number of aromatic nitrogens is 1. The Morgan fingerprint density at radius 3 is 2.69 bits per heavy atom. The van der Waals surface area contributed by atoms with Gasteiger partial charge in [-0.25, -0.2) is 13.6 Å². The van der Waals surface area contributed by atoms with Crippen molar-refractivity contribution < 1.29 is 18.7 Å². The Labute approximate surface area is 73.0 Å².